The fourth-order valence-corrected chi connectivity index (χ4v) is 2.25. The molecule has 0 aliphatic carbocycles. The topological polar surface area (TPSA) is 69.6 Å². The predicted octanol–water partition coefficient (Wildman–Crippen LogP) is 2.46. The van der Waals surface area contributed by atoms with Crippen LogP contribution < -0.4 is 5.32 Å². The number of likely N-dealkylation sites (tertiary alicyclic amines) is 1. The van der Waals surface area contributed by atoms with Crippen LogP contribution in [0, 0.1) is 18.7 Å². The number of aliphatic carboxylic acids is 1. The van der Waals surface area contributed by atoms with Crippen molar-refractivity contribution < 1.29 is 19.1 Å². The molecule has 5 nitrogen and oxygen atoms in total. The highest BCUT2D eigenvalue weighted by Crippen LogP contribution is 2.20. The number of hydrogen-bond acceptors (Lipinski definition) is 2. The molecule has 2 rings (SSSR count). The Hall–Kier alpha value is -2.11. The van der Waals surface area contributed by atoms with Crippen LogP contribution in [0.2, 0.25) is 0 Å². The van der Waals surface area contributed by atoms with E-state index >= 15 is 0 Å². The molecule has 6 heteroatoms. The number of carboxylic acids is 1. The average molecular weight is 280 g/mol. The van der Waals surface area contributed by atoms with Crippen LogP contribution in [0.3, 0.4) is 0 Å². The Morgan fingerprint density at radius 1 is 1.35 bits per heavy atom. The van der Waals surface area contributed by atoms with E-state index in [4.69, 9.17) is 5.11 Å². The van der Waals surface area contributed by atoms with E-state index in [2.05, 4.69) is 5.32 Å². The van der Waals surface area contributed by atoms with Gasteiger partial charge in [-0.25, -0.2) is 9.18 Å². The van der Waals surface area contributed by atoms with Gasteiger partial charge in [0.05, 0.1) is 11.6 Å². The average Bonchev–Trinajstić information content (AvgIpc) is 2.42. The molecule has 0 bridgehead atoms. The van der Waals surface area contributed by atoms with Crippen LogP contribution in [0.15, 0.2) is 18.2 Å². The highest BCUT2D eigenvalue weighted by atomic mass is 19.1. The zero-order valence-corrected chi connectivity index (χ0v) is 11.2. The third-order valence-electron chi connectivity index (χ3n) is 3.50. The minimum absolute atomic E-state index is 0.140. The summed E-state index contributed by atoms with van der Waals surface area (Å²) in [6.45, 7) is 2.51. The largest absolute Gasteiger partial charge is 0.481 e. The number of amides is 2. The van der Waals surface area contributed by atoms with Gasteiger partial charge in [-0.05, 0) is 37.5 Å². The van der Waals surface area contributed by atoms with E-state index in [1.54, 1.807) is 13.0 Å². The van der Waals surface area contributed by atoms with E-state index in [1.165, 1.54) is 17.0 Å². The van der Waals surface area contributed by atoms with Crippen molar-refractivity contribution in [1.29, 1.82) is 0 Å². The van der Waals surface area contributed by atoms with Gasteiger partial charge in [0.2, 0.25) is 0 Å². The summed E-state index contributed by atoms with van der Waals surface area (Å²) in [4.78, 5) is 24.3. The lowest BCUT2D eigenvalue weighted by molar-refractivity contribution is -0.143. The highest BCUT2D eigenvalue weighted by molar-refractivity contribution is 5.89. The number of carbonyl (C=O) groups is 2. The molecule has 1 fully saturated rings. The number of anilines is 1. The SMILES string of the molecule is Cc1ccc(NC(=O)N2CCC(C(=O)O)CC2)c(F)c1. The number of carboxylic acid groups (broad SMARTS) is 1. The predicted molar refractivity (Wildman–Crippen MR) is 72.1 cm³/mol. The number of aryl methyl sites for hydroxylation is 1. The number of halogens is 1. The molecule has 108 valence electrons. The third-order valence-corrected chi connectivity index (χ3v) is 3.50. The second-order valence-electron chi connectivity index (χ2n) is 5.01. The van der Waals surface area contributed by atoms with Crippen molar-refractivity contribution in [3.8, 4) is 0 Å². The normalized spacial score (nSPS) is 16.0. The maximum atomic E-state index is 13.6. The molecule has 1 heterocycles. The zero-order chi connectivity index (χ0) is 14.7. The van der Waals surface area contributed by atoms with E-state index < -0.39 is 23.7 Å². The molecule has 0 atom stereocenters. The number of hydrogen-bond donors (Lipinski definition) is 2. The maximum Gasteiger partial charge on any atom is 0.321 e. The van der Waals surface area contributed by atoms with E-state index in [-0.39, 0.29) is 5.69 Å². The molecule has 0 unspecified atom stereocenters. The van der Waals surface area contributed by atoms with Crippen molar-refractivity contribution in [2.45, 2.75) is 19.8 Å². The minimum atomic E-state index is -0.824. The van der Waals surface area contributed by atoms with Crippen molar-refractivity contribution in [2.24, 2.45) is 5.92 Å². The van der Waals surface area contributed by atoms with Gasteiger partial charge in [0.15, 0.2) is 0 Å². The lowest BCUT2D eigenvalue weighted by atomic mass is 9.97. The number of piperidine rings is 1. The van der Waals surface area contributed by atoms with Gasteiger partial charge in [-0.1, -0.05) is 6.07 Å². The molecule has 1 aliphatic rings. The van der Waals surface area contributed by atoms with E-state index in [1.807, 2.05) is 0 Å². The van der Waals surface area contributed by atoms with Crippen molar-refractivity contribution in [2.75, 3.05) is 18.4 Å². The lowest BCUT2D eigenvalue weighted by Gasteiger charge is -2.30. The van der Waals surface area contributed by atoms with Gasteiger partial charge in [-0.15, -0.1) is 0 Å². The van der Waals surface area contributed by atoms with Gasteiger partial charge in [0.25, 0.3) is 0 Å². The molecule has 0 spiro atoms. The molecule has 2 amide bonds. The lowest BCUT2D eigenvalue weighted by Crippen LogP contribution is -2.42. The summed E-state index contributed by atoms with van der Waals surface area (Å²) in [6, 6.07) is 4.20. The molecular formula is C14H17FN2O3. The molecule has 20 heavy (non-hydrogen) atoms. The van der Waals surface area contributed by atoms with Crippen molar-refractivity contribution in [3.63, 3.8) is 0 Å². The van der Waals surface area contributed by atoms with Crippen LogP contribution in [0.25, 0.3) is 0 Å². The molecule has 1 aliphatic heterocycles. The van der Waals surface area contributed by atoms with Crippen LogP contribution in [-0.2, 0) is 4.79 Å². The molecule has 0 saturated carbocycles. The van der Waals surface area contributed by atoms with Crippen LogP contribution in [0.4, 0.5) is 14.9 Å². The van der Waals surface area contributed by atoms with E-state index in [9.17, 15) is 14.0 Å². The Morgan fingerprint density at radius 3 is 2.55 bits per heavy atom. The summed E-state index contributed by atoms with van der Waals surface area (Å²) in [5, 5.41) is 11.4. The molecule has 0 radical (unpaired) electrons. The maximum absolute atomic E-state index is 13.6. The Morgan fingerprint density at radius 2 is 2.00 bits per heavy atom. The first-order chi connectivity index (χ1) is 9.47. The second-order valence-corrected chi connectivity index (χ2v) is 5.01. The Bertz CT molecular complexity index is 525. The smallest absolute Gasteiger partial charge is 0.321 e. The quantitative estimate of drug-likeness (QED) is 0.874. The zero-order valence-electron chi connectivity index (χ0n) is 11.2. The number of carbonyl (C=O) groups excluding carboxylic acids is 1. The van der Waals surface area contributed by atoms with Crippen molar-refractivity contribution in [3.05, 3.63) is 29.6 Å². The van der Waals surface area contributed by atoms with Crippen LogP contribution in [0.1, 0.15) is 18.4 Å². The number of rotatable bonds is 2. The van der Waals surface area contributed by atoms with Gasteiger partial charge in [0, 0.05) is 13.1 Å². The Labute approximate surface area is 116 Å². The van der Waals surface area contributed by atoms with Crippen LogP contribution >= 0.6 is 0 Å². The van der Waals surface area contributed by atoms with Crippen LogP contribution in [0.5, 0.6) is 0 Å². The number of urea groups is 1. The van der Waals surface area contributed by atoms with Crippen molar-refractivity contribution in [1.82, 2.24) is 4.90 Å². The number of benzene rings is 1. The van der Waals surface area contributed by atoms with Gasteiger partial charge in [-0.2, -0.15) is 0 Å². The van der Waals surface area contributed by atoms with Gasteiger partial charge in [-0.3, -0.25) is 4.79 Å². The first kappa shape index (κ1) is 14.3. The second kappa shape index (κ2) is 5.90. The summed E-state index contributed by atoms with van der Waals surface area (Å²) in [5.41, 5.74) is 0.920. The summed E-state index contributed by atoms with van der Waals surface area (Å²) in [6.07, 6.45) is 0.859. The Kier molecular flexibility index (Phi) is 4.22. The van der Waals surface area contributed by atoms with Gasteiger partial charge in [0.1, 0.15) is 5.82 Å². The fourth-order valence-electron chi connectivity index (χ4n) is 2.25. The van der Waals surface area contributed by atoms with Gasteiger partial charge < -0.3 is 15.3 Å². The van der Waals surface area contributed by atoms with Crippen LogP contribution in [-0.4, -0.2) is 35.1 Å². The van der Waals surface area contributed by atoms with E-state index in [0.717, 1.165) is 5.56 Å². The minimum Gasteiger partial charge on any atom is -0.481 e. The first-order valence-electron chi connectivity index (χ1n) is 6.52. The number of nitrogens with one attached hydrogen (secondary N) is 1. The highest BCUT2D eigenvalue weighted by Gasteiger charge is 2.27. The van der Waals surface area contributed by atoms with Crippen molar-refractivity contribution >= 4 is 17.7 Å². The molecule has 1 saturated heterocycles. The fraction of sp³-hybridized carbons (Fsp3) is 0.429. The summed E-state index contributed by atoms with van der Waals surface area (Å²) in [5.74, 6) is -1.69. The molecule has 0 aromatic heterocycles. The molecule has 2 N–H and O–H groups in total. The van der Waals surface area contributed by atoms with Gasteiger partial charge >= 0.3 is 12.0 Å². The molecule has 1 aromatic carbocycles. The molecular weight excluding hydrogens is 263 g/mol. The summed E-state index contributed by atoms with van der Waals surface area (Å²) in [7, 11) is 0. The monoisotopic (exact) mass is 280 g/mol. The first-order valence-corrected chi connectivity index (χ1v) is 6.52. The Balaban J connectivity index is 1.94. The van der Waals surface area contributed by atoms with E-state index in [0.29, 0.717) is 25.9 Å². The summed E-state index contributed by atoms with van der Waals surface area (Å²) >= 11 is 0. The standard InChI is InChI=1S/C14H17FN2O3/c1-9-2-3-12(11(15)8-9)16-14(20)17-6-4-10(5-7-17)13(18)19/h2-3,8,10H,4-7H2,1H3,(H,16,20)(H,18,19). The molecule has 1 aromatic rings. The number of nitrogens with zero attached hydrogens (tertiary/aromatic N) is 1. The third kappa shape index (κ3) is 3.26. The summed E-state index contributed by atoms with van der Waals surface area (Å²) < 4.78 is 13.6.